The van der Waals surface area contributed by atoms with E-state index in [9.17, 15) is 4.79 Å². The Balaban J connectivity index is 1.94. The van der Waals surface area contributed by atoms with Gasteiger partial charge in [-0.15, -0.1) is 0 Å². The molecule has 2 heterocycles. The fourth-order valence-corrected chi connectivity index (χ4v) is 1.99. The Morgan fingerprint density at radius 3 is 2.62 bits per heavy atom. The highest BCUT2D eigenvalue weighted by molar-refractivity contribution is 6.04. The molecule has 1 amide bonds. The second kappa shape index (κ2) is 6.00. The van der Waals surface area contributed by atoms with Gasteiger partial charge in [0.25, 0.3) is 5.91 Å². The van der Waals surface area contributed by atoms with Crippen LogP contribution in [0.3, 0.4) is 0 Å². The van der Waals surface area contributed by atoms with Crippen LogP contribution in [0, 0.1) is 0 Å². The van der Waals surface area contributed by atoms with E-state index in [-0.39, 0.29) is 5.91 Å². The van der Waals surface area contributed by atoms with Crippen LogP contribution in [0.2, 0.25) is 0 Å². The van der Waals surface area contributed by atoms with Crippen LogP contribution >= 0.6 is 0 Å². The number of anilines is 1. The van der Waals surface area contributed by atoms with Gasteiger partial charge in [0, 0.05) is 18.1 Å². The third-order valence-corrected chi connectivity index (χ3v) is 2.99. The molecule has 0 radical (unpaired) electrons. The smallest absolute Gasteiger partial charge is 0.278 e. The number of furan rings is 1. The Bertz CT molecular complexity index is 697. The summed E-state index contributed by atoms with van der Waals surface area (Å²) >= 11 is 0. The molecule has 0 bridgehead atoms. The van der Waals surface area contributed by atoms with Crippen LogP contribution in [0.15, 0.2) is 71.7 Å². The zero-order valence-electron chi connectivity index (χ0n) is 11.2. The second-order valence-corrected chi connectivity index (χ2v) is 4.40. The molecule has 3 rings (SSSR count). The third kappa shape index (κ3) is 2.97. The van der Waals surface area contributed by atoms with Gasteiger partial charge in [0.2, 0.25) is 0 Å². The van der Waals surface area contributed by atoms with E-state index in [0.717, 1.165) is 5.69 Å². The Morgan fingerprint density at radius 1 is 1.10 bits per heavy atom. The molecule has 5 heteroatoms. The monoisotopic (exact) mass is 279 g/mol. The number of para-hydroxylation sites is 1. The van der Waals surface area contributed by atoms with E-state index in [2.05, 4.69) is 9.97 Å². The number of hydrogen-bond acceptors (Lipinski definition) is 4. The Hall–Kier alpha value is -2.95. The molecule has 0 aliphatic rings. The van der Waals surface area contributed by atoms with Gasteiger partial charge in [0.05, 0.1) is 19.0 Å². The zero-order chi connectivity index (χ0) is 14.5. The van der Waals surface area contributed by atoms with Gasteiger partial charge >= 0.3 is 0 Å². The second-order valence-electron chi connectivity index (χ2n) is 4.40. The highest BCUT2D eigenvalue weighted by atomic mass is 16.3. The van der Waals surface area contributed by atoms with Crippen LogP contribution in [0.1, 0.15) is 16.2 Å². The van der Waals surface area contributed by atoms with Gasteiger partial charge in [0.15, 0.2) is 0 Å². The predicted molar refractivity (Wildman–Crippen MR) is 77.7 cm³/mol. The van der Waals surface area contributed by atoms with Crippen LogP contribution < -0.4 is 4.90 Å². The van der Waals surface area contributed by atoms with Crippen LogP contribution in [0.25, 0.3) is 0 Å². The Labute approximate surface area is 121 Å². The number of rotatable bonds is 4. The Morgan fingerprint density at radius 2 is 1.95 bits per heavy atom. The quantitative estimate of drug-likeness (QED) is 0.736. The molecule has 1 aromatic carbocycles. The molecule has 0 saturated carbocycles. The summed E-state index contributed by atoms with van der Waals surface area (Å²) in [5.74, 6) is 0.488. The largest absolute Gasteiger partial charge is 0.467 e. The molecule has 0 N–H and O–H groups in total. The molecular weight excluding hydrogens is 266 g/mol. The van der Waals surface area contributed by atoms with E-state index in [1.807, 2.05) is 36.4 Å². The average molecular weight is 279 g/mol. The molecule has 2 aromatic heterocycles. The number of amides is 1. The van der Waals surface area contributed by atoms with E-state index in [4.69, 9.17) is 4.42 Å². The molecule has 21 heavy (non-hydrogen) atoms. The molecule has 0 spiro atoms. The van der Waals surface area contributed by atoms with Crippen molar-refractivity contribution >= 4 is 11.6 Å². The molecule has 3 aromatic rings. The first-order valence-electron chi connectivity index (χ1n) is 6.50. The maximum absolute atomic E-state index is 12.7. The van der Waals surface area contributed by atoms with E-state index in [1.165, 1.54) is 18.6 Å². The van der Waals surface area contributed by atoms with Gasteiger partial charge in [-0.1, -0.05) is 18.2 Å². The first-order valence-corrected chi connectivity index (χ1v) is 6.50. The topological polar surface area (TPSA) is 59.2 Å². The number of aromatic nitrogens is 2. The first-order chi connectivity index (χ1) is 10.3. The van der Waals surface area contributed by atoms with Gasteiger partial charge in [-0.05, 0) is 24.3 Å². The van der Waals surface area contributed by atoms with Crippen LogP contribution in [0.4, 0.5) is 5.69 Å². The van der Waals surface area contributed by atoms with Crippen molar-refractivity contribution in [2.24, 2.45) is 0 Å². The lowest BCUT2D eigenvalue weighted by molar-refractivity contribution is 0.0978. The molecule has 0 atom stereocenters. The van der Waals surface area contributed by atoms with Crippen molar-refractivity contribution in [1.29, 1.82) is 0 Å². The molecule has 0 aliphatic carbocycles. The van der Waals surface area contributed by atoms with E-state index in [1.54, 1.807) is 17.2 Å². The summed E-state index contributed by atoms with van der Waals surface area (Å²) in [6, 6.07) is 13.0. The van der Waals surface area contributed by atoms with Crippen molar-refractivity contribution in [3.8, 4) is 0 Å². The summed E-state index contributed by atoms with van der Waals surface area (Å²) < 4.78 is 5.34. The van der Waals surface area contributed by atoms with Gasteiger partial charge in [-0.3, -0.25) is 14.7 Å². The normalized spacial score (nSPS) is 10.3. The lowest BCUT2D eigenvalue weighted by Crippen LogP contribution is -2.31. The Kier molecular flexibility index (Phi) is 3.73. The molecular formula is C16H13N3O2. The van der Waals surface area contributed by atoms with Crippen molar-refractivity contribution in [3.63, 3.8) is 0 Å². The molecule has 0 aliphatic heterocycles. The van der Waals surface area contributed by atoms with Gasteiger partial charge in [-0.25, -0.2) is 4.98 Å². The summed E-state index contributed by atoms with van der Waals surface area (Å²) in [7, 11) is 0. The number of carbonyl (C=O) groups is 1. The molecule has 0 unspecified atom stereocenters. The van der Waals surface area contributed by atoms with Crippen LogP contribution in [0.5, 0.6) is 0 Å². The summed E-state index contributed by atoms with van der Waals surface area (Å²) in [5, 5.41) is 0. The maximum Gasteiger partial charge on any atom is 0.278 e. The van der Waals surface area contributed by atoms with E-state index >= 15 is 0 Å². The van der Waals surface area contributed by atoms with Gasteiger partial charge in [-0.2, -0.15) is 0 Å². The maximum atomic E-state index is 12.7. The first kappa shape index (κ1) is 13.1. The minimum Gasteiger partial charge on any atom is -0.467 e. The zero-order valence-corrected chi connectivity index (χ0v) is 11.2. The summed E-state index contributed by atoms with van der Waals surface area (Å²) in [4.78, 5) is 22.3. The minimum atomic E-state index is -0.217. The lowest BCUT2D eigenvalue weighted by atomic mass is 10.2. The van der Waals surface area contributed by atoms with Crippen molar-refractivity contribution < 1.29 is 9.21 Å². The molecule has 104 valence electrons. The van der Waals surface area contributed by atoms with Gasteiger partial charge in [0.1, 0.15) is 11.5 Å². The predicted octanol–water partition coefficient (Wildman–Crippen LogP) is 2.92. The summed E-state index contributed by atoms with van der Waals surface area (Å²) in [6.45, 7) is 0.340. The fourth-order valence-electron chi connectivity index (χ4n) is 1.99. The minimum absolute atomic E-state index is 0.217. The van der Waals surface area contributed by atoms with Crippen molar-refractivity contribution in [1.82, 2.24) is 9.97 Å². The van der Waals surface area contributed by atoms with Crippen LogP contribution in [-0.4, -0.2) is 15.9 Å². The van der Waals surface area contributed by atoms with E-state index in [0.29, 0.717) is 18.0 Å². The molecule has 0 saturated heterocycles. The van der Waals surface area contributed by atoms with Crippen molar-refractivity contribution in [2.45, 2.75) is 6.54 Å². The number of benzene rings is 1. The number of nitrogens with zero attached hydrogens (tertiary/aromatic N) is 3. The van der Waals surface area contributed by atoms with Crippen LogP contribution in [-0.2, 0) is 6.54 Å². The molecule has 0 fully saturated rings. The fraction of sp³-hybridized carbons (Fsp3) is 0.0625. The summed E-state index contributed by atoms with van der Waals surface area (Å²) in [5.41, 5.74) is 1.08. The standard InChI is InChI=1S/C16H13N3O2/c20-16(15-11-17-8-9-18-15)19(12-14-7-4-10-21-14)13-5-2-1-3-6-13/h1-11H,12H2. The number of carbonyl (C=O) groups excluding carboxylic acids is 1. The van der Waals surface area contributed by atoms with Crippen molar-refractivity contribution in [2.75, 3.05) is 4.90 Å². The average Bonchev–Trinajstić information content (AvgIpc) is 3.07. The third-order valence-electron chi connectivity index (χ3n) is 2.99. The SMILES string of the molecule is O=C(c1cnccn1)N(Cc1ccco1)c1ccccc1. The summed E-state index contributed by atoms with van der Waals surface area (Å²) in [6.07, 6.45) is 6.09. The molecule has 5 nitrogen and oxygen atoms in total. The highest BCUT2D eigenvalue weighted by Crippen LogP contribution is 2.19. The van der Waals surface area contributed by atoms with Crippen molar-refractivity contribution in [3.05, 3.63) is 78.8 Å². The highest BCUT2D eigenvalue weighted by Gasteiger charge is 2.20. The number of hydrogen-bond donors (Lipinski definition) is 0. The van der Waals surface area contributed by atoms with E-state index < -0.39 is 0 Å². The lowest BCUT2D eigenvalue weighted by Gasteiger charge is -2.21. The van der Waals surface area contributed by atoms with Gasteiger partial charge < -0.3 is 4.42 Å².